The van der Waals surface area contributed by atoms with Crippen LogP contribution in [0.4, 0.5) is 4.39 Å². The van der Waals surface area contributed by atoms with E-state index in [9.17, 15) is 17.9 Å². The summed E-state index contributed by atoms with van der Waals surface area (Å²) < 4.78 is 39.2. The molecule has 0 aliphatic rings. The number of aliphatic hydroxyl groups is 1. The third kappa shape index (κ3) is 4.83. The molecule has 0 aliphatic heterocycles. The maximum Gasteiger partial charge on any atom is 0.261 e. The van der Waals surface area contributed by atoms with Crippen LogP contribution in [-0.4, -0.2) is 56.2 Å². The van der Waals surface area contributed by atoms with Crippen LogP contribution in [0.15, 0.2) is 23.4 Å². The Balaban J connectivity index is 2.80. The highest BCUT2D eigenvalue weighted by atomic mass is 32.2. The number of likely N-dealkylation sites (N-methyl/N-ethyl adjacent to an activating group) is 1. The van der Waals surface area contributed by atoms with Crippen LogP contribution in [0.5, 0.6) is 0 Å². The Morgan fingerprint density at radius 3 is 2.68 bits per heavy atom. The lowest BCUT2D eigenvalue weighted by molar-refractivity contribution is 0.0385. The summed E-state index contributed by atoms with van der Waals surface area (Å²) in [6, 6.07) is 2.32. The van der Waals surface area contributed by atoms with Crippen LogP contribution < -0.4 is 4.72 Å². The minimum atomic E-state index is -4.07. The lowest BCUT2D eigenvalue weighted by atomic mass is 10.1. The van der Waals surface area contributed by atoms with Gasteiger partial charge in [-0.05, 0) is 33.2 Å². The molecule has 0 aromatic carbocycles. The average molecular weight is 291 g/mol. The molecule has 0 saturated heterocycles. The normalized spacial score (nSPS) is 15.5. The number of pyridine rings is 1. The van der Waals surface area contributed by atoms with Crippen molar-refractivity contribution in [1.29, 1.82) is 0 Å². The number of hydrogen-bond acceptors (Lipinski definition) is 5. The fraction of sp³-hybridized carbons (Fsp3) is 0.545. The lowest BCUT2D eigenvalue weighted by Crippen LogP contribution is -2.47. The van der Waals surface area contributed by atoms with Crippen molar-refractivity contribution in [2.45, 2.75) is 17.6 Å². The van der Waals surface area contributed by atoms with Crippen molar-refractivity contribution < 1.29 is 17.9 Å². The van der Waals surface area contributed by atoms with Gasteiger partial charge in [0.2, 0.25) is 5.03 Å². The van der Waals surface area contributed by atoms with E-state index in [1.54, 1.807) is 19.0 Å². The van der Waals surface area contributed by atoms with Crippen molar-refractivity contribution in [1.82, 2.24) is 14.6 Å². The van der Waals surface area contributed by atoms with Gasteiger partial charge in [0.1, 0.15) is 0 Å². The Morgan fingerprint density at radius 1 is 1.53 bits per heavy atom. The summed E-state index contributed by atoms with van der Waals surface area (Å²) >= 11 is 0. The summed E-state index contributed by atoms with van der Waals surface area (Å²) in [5, 5.41) is 9.31. The number of nitrogens with zero attached hydrogens (tertiary/aromatic N) is 2. The van der Waals surface area contributed by atoms with Gasteiger partial charge >= 0.3 is 0 Å². The molecule has 0 amide bonds. The molecule has 1 atom stereocenters. The Morgan fingerprint density at radius 2 is 2.16 bits per heavy atom. The first-order valence-corrected chi connectivity index (χ1v) is 7.10. The second kappa shape index (κ2) is 5.91. The van der Waals surface area contributed by atoms with Gasteiger partial charge in [-0.3, -0.25) is 0 Å². The molecule has 8 heteroatoms. The second-order valence-electron chi connectivity index (χ2n) is 4.85. The molecule has 19 heavy (non-hydrogen) atoms. The number of rotatable bonds is 6. The third-order valence-electron chi connectivity index (χ3n) is 2.28. The molecular formula is C11H18FN3O3S. The van der Waals surface area contributed by atoms with E-state index in [1.165, 1.54) is 19.2 Å². The summed E-state index contributed by atoms with van der Waals surface area (Å²) in [7, 11) is -0.572. The SMILES string of the molecule is CN(C)CC(C)(O)CNS(=O)(=O)c1ncccc1F. The molecule has 0 bridgehead atoms. The minimum Gasteiger partial charge on any atom is -0.387 e. The monoisotopic (exact) mass is 291 g/mol. The summed E-state index contributed by atoms with van der Waals surface area (Å²) in [6.07, 6.45) is 1.19. The first-order valence-electron chi connectivity index (χ1n) is 5.61. The second-order valence-corrected chi connectivity index (χ2v) is 6.53. The van der Waals surface area contributed by atoms with Gasteiger partial charge in [-0.15, -0.1) is 0 Å². The van der Waals surface area contributed by atoms with Gasteiger partial charge in [-0.1, -0.05) is 0 Å². The maximum atomic E-state index is 13.4. The van der Waals surface area contributed by atoms with E-state index in [2.05, 4.69) is 9.71 Å². The molecular weight excluding hydrogens is 273 g/mol. The molecule has 1 aromatic rings. The fourth-order valence-electron chi connectivity index (χ4n) is 1.62. The number of nitrogens with one attached hydrogen (secondary N) is 1. The van der Waals surface area contributed by atoms with Gasteiger partial charge in [0.05, 0.1) is 5.60 Å². The predicted molar refractivity (Wildman–Crippen MR) is 68.6 cm³/mol. The van der Waals surface area contributed by atoms with Crippen molar-refractivity contribution in [2.24, 2.45) is 0 Å². The van der Waals surface area contributed by atoms with Crippen molar-refractivity contribution in [3.8, 4) is 0 Å². The molecule has 1 unspecified atom stereocenters. The Kier molecular flexibility index (Phi) is 4.97. The highest BCUT2D eigenvalue weighted by Crippen LogP contribution is 2.11. The van der Waals surface area contributed by atoms with Gasteiger partial charge in [0.25, 0.3) is 10.0 Å². The zero-order chi connectivity index (χ0) is 14.7. The van der Waals surface area contributed by atoms with E-state index in [4.69, 9.17) is 0 Å². The molecule has 108 valence electrons. The highest BCUT2D eigenvalue weighted by molar-refractivity contribution is 7.89. The molecule has 0 aliphatic carbocycles. The van der Waals surface area contributed by atoms with E-state index in [0.717, 1.165) is 6.07 Å². The fourth-order valence-corrected chi connectivity index (χ4v) is 2.79. The molecule has 1 aromatic heterocycles. The van der Waals surface area contributed by atoms with E-state index in [0.29, 0.717) is 0 Å². The van der Waals surface area contributed by atoms with Crippen LogP contribution in [0, 0.1) is 5.82 Å². The largest absolute Gasteiger partial charge is 0.387 e. The summed E-state index contributed by atoms with van der Waals surface area (Å²) in [5.74, 6) is -0.928. The number of sulfonamides is 1. The molecule has 0 radical (unpaired) electrons. The molecule has 0 saturated carbocycles. The highest BCUT2D eigenvalue weighted by Gasteiger charge is 2.27. The van der Waals surface area contributed by atoms with Crippen LogP contribution in [0.25, 0.3) is 0 Å². The molecule has 6 nitrogen and oxygen atoms in total. The standard InChI is InChI=1S/C11H18FN3O3S/c1-11(16,8-15(2)3)7-14-19(17,18)10-9(12)5-4-6-13-10/h4-6,14,16H,7-8H2,1-3H3. The third-order valence-corrected chi connectivity index (χ3v) is 3.61. The summed E-state index contributed by atoms with van der Waals surface area (Å²) in [6.45, 7) is 1.52. The van der Waals surface area contributed by atoms with Gasteiger partial charge in [0, 0.05) is 19.3 Å². The molecule has 1 rings (SSSR count). The van der Waals surface area contributed by atoms with Gasteiger partial charge in [-0.2, -0.15) is 0 Å². The minimum absolute atomic E-state index is 0.233. The van der Waals surface area contributed by atoms with Crippen LogP contribution >= 0.6 is 0 Å². The van der Waals surface area contributed by atoms with E-state index in [-0.39, 0.29) is 13.1 Å². The van der Waals surface area contributed by atoms with Crippen LogP contribution in [-0.2, 0) is 10.0 Å². The van der Waals surface area contributed by atoms with E-state index in [1.807, 2.05) is 0 Å². The topological polar surface area (TPSA) is 82.5 Å². The zero-order valence-corrected chi connectivity index (χ0v) is 11.9. The van der Waals surface area contributed by atoms with Crippen LogP contribution in [0.1, 0.15) is 6.92 Å². The summed E-state index contributed by atoms with van der Waals surface area (Å²) in [4.78, 5) is 5.21. The lowest BCUT2D eigenvalue weighted by Gasteiger charge is -2.26. The van der Waals surface area contributed by atoms with Crippen molar-refractivity contribution in [3.05, 3.63) is 24.1 Å². The van der Waals surface area contributed by atoms with Crippen LogP contribution in [0.3, 0.4) is 0 Å². The van der Waals surface area contributed by atoms with Crippen LogP contribution in [0.2, 0.25) is 0 Å². The molecule has 0 fully saturated rings. The van der Waals surface area contributed by atoms with Crippen molar-refractivity contribution in [2.75, 3.05) is 27.2 Å². The number of aromatic nitrogens is 1. The van der Waals surface area contributed by atoms with Gasteiger partial charge in [-0.25, -0.2) is 22.5 Å². The predicted octanol–water partition coefficient (Wildman–Crippen LogP) is -0.188. The van der Waals surface area contributed by atoms with E-state index >= 15 is 0 Å². The number of hydrogen-bond donors (Lipinski definition) is 2. The Labute approximate surface area is 112 Å². The zero-order valence-electron chi connectivity index (χ0n) is 11.1. The average Bonchev–Trinajstić information content (AvgIpc) is 2.25. The van der Waals surface area contributed by atoms with Gasteiger partial charge in [0.15, 0.2) is 5.82 Å². The summed E-state index contributed by atoms with van der Waals surface area (Å²) in [5.41, 5.74) is -1.26. The quantitative estimate of drug-likeness (QED) is 0.759. The maximum absolute atomic E-state index is 13.4. The Hall–Kier alpha value is -1.09. The van der Waals surface area contributed by atoms with E-state index < -0.39 is 26.5 Å². The Bertz CT molecular complexity index is 532. The molecule has 0 spiro atoms. The van der Waals surface area contributed by atoms with Crippen molar-refractivity contribution >= 4 is 10.0 Å². The number of halogens is 1. The first kappa shape index (κ1) is 16.0. The molecule has 1 heterocycles. The first-order chi connectivity index (χ1) is 8.64. The van der Waals surface area contributed by atoms with Crippen molar-refractivity contribution in [3.63, 3.8) is 0 Å². The smallest absolute Gasteiger partial charge is 0.261 e. The van der Waals surface area contributed by atoms with Gasteiger partial charge < -0.3 is 10.0 Å². The molecule has 2 N–H and O–H groups in total.